The van der Waals surface area contributed by atoms with Gasteiger partial charge < -0.3 is 10.0 Å². The molecule has 1 aromatic rings. The maximum Gasteiger partial charge on any atom is 0.303 e. The van der Waals surface area contributed by atoms with Crippen molar-refractivity contribution >= 4 is 23.6 Å². The number of rotatable bonds is 6. The van der Waals surface area contributed by atoms with Crippen LogP contribution in [0.4, 0.5) is 0 Å². The van der Waals surface area contributed by atoms with Crippen molar-refractivity contribution in [3.63, 3.8) is 0 Å². The molecule has 98 valence electrons. The van der Waals surface area contributed by atoms with E-state index in [-0.39, 0.29) is 12.3 Å². The Bertz CT molecular complexity index is 417. The molecule has 0 heterocycles. The monoisotopic (exact) mass is 267 g/mol. The fraction of sp³-hybridized carbons (Fsp3) is 0.385. The number of nitrogens with zero attached hydrogens (tertiary/aromatic N) is 1. The summed E-state index contributed by atoms with van der Waals surface area (Å²) in [7, 11) is 1.69. The number of hydrogen-bond acceptors (Lipinski definition) is 3. The zero-order valence-corrected chi connectivity index (χ0v) is 11.4. The lowest BCUT2D eigenvalue weighted by atomic mass is 10.2. The van der Waals surface area contributed by atoms with Crippen molar-refractivity contribution in [3.8, 4) is 0 Å². The van der Waals surface area contributed by atoms with E-state index < -0.39 is 5.97 Å². The average Bonchev–Trinajstić information content (AvgIpc) is 2.37. The predicted molar refractivity (Wildman–Crippen MR) is 72.1 cm³/mol. The maximum atomic E-state index is 12.0. The molecule has 4 nitrogen and oxygen atoms in total. The molecule has 0 aliphatic heterocycles. The van der Waals surface area contributed by atoms with Crippen molar-refractivity contribution in [2.75, 3.05) is 19.8 Å². The molecule has 0 aliphatic rings. The quantitative estimate of drug-likeness (QED) is 0.804. The van der Waals surface area contributed by atoms with E-state index in [0.717, 1.165) is 4.90 Å². The Morgan fingerprint density at radius 3 is 2.39 bits per heavy atom. The summed E-state index contributed by atoms with van der Waals surface area (Å²) in [5.41, 5.74) is 0.630. The summed E-state index contributed by atoms with van der Waals surface area (Å²) in [6.45, 7) is 0.454. The maximum absolute atomic E-state index is 12.0. The topological polar surface area (TPSA) is 57.6 Å². The van der Waals surface area contributed by atoms with Crippen LogP contribution in [0.5, 0.6) is 0 Å². The molecular formula is C13H17NO3S. The van der Waals surface area contributed by atoms with Crippen molar-refractivity contribution in [1.29, 1.82) is 0 Å². The SMILES string of the molecule is CSc1ccc(C(=O)N(C)CCCC(=O)O)cc1. The van der Waals surface area contributed by atoms with Crippen LogP contribution in [-0.4, -0.2) is 41.7 Å². The Hall–Kier alpha value is -1.49. The van der Waals surface area contributed by atoms with Gasteiger partial charge >= 0.3 is 5.97 Å². The van der Waals surface area contributed by atoms with Crippen molar-refractivity contribution in [2.24, 2.45) is 0 Å². The number of aliphatic carboxylic acids is 1. The summed E-state index contributed by atoms with van der Waals surface area (Å²) in [5.74, 6) is -0.909. The van der Waals surface area contributed by atoms with Gasteiger partial charge in [-0.3, -0.25) is 9.59 Å². The standard InChI is InChI=1S/C13H17NO3S/c1-14(9-3-4-12(15)16)13(17)10-5-7-11(18-2)8-6-10/h5-8H,3-4,9H2,1-2H3,(H,15,16). The zero-order valence-electron chi connectivity index (χ0n) is 10.5. The number of carbonyl (C=O) groups is 2. The summed E-state index contributed by atoms with van der Waals surface area (Å²) >= 11 is 1.62. The Morgan fingerprint density at radius 1 is 1.28 bits per heavy atom. The molecule has 0 radical (unpaired) electrons. The number of amides is 1. The minimum absolute atomic E-state index is 0.0759. The van der Waals surface area contributed by atoms with Crippen LogP contribution in [0.1, 0.15) is 23.2 Å². The smallest absolute Gasteiger partial charge is 0.303 e. The number of carbonyl (C=O) groups excluding carboxylic acids is 1. The molecule has 1 aromatic carbocycles. The summed E-state index contributed by atoms with van der Waals surface area (Å²) < 4.78 is 0. The van der Waals surface area contributed by atoms with E-state index in [4.69, 9.17) is 5.11 Å². The van der Waals surface area contributed by atoms with Crippen LogP contribution in [0.3, 0.4) is 0 Å². The fourth-order valence-corrected chi connectivity index (χ4v) is 1.93. The van der Waals surface area contributed by atoms with Crippen molar-refractivity contribution < 1.29 is 14.7 Å². The first-order valence-electron chi connectivity index (χ1n) is 5.66. The van der Waals surface area contributed by atoms with E-state index in [1.54, 1.807) is 35.8 Å². The van der Waals surface area contributed by atoms with E-state index in [1.807, 2.05) is 18.4 Å². The third-order valence-electron chi connectivity index (χ3n) is 2.57. The molecule has 1 amide bonds. The number of thioether (sulfide) groups is 1. The van der Waals surface area contributed by atoms with Gasteiger partial charge in [0.2, 0.25) is 0 Å². The molecule has 0 unspecified atom stereocenters. The highest BCUT2D eigenvalue weighted by atomic mass is 32.2. The lowest BCUT2D eigenvalue weighted by molar-refractivity contribution is -0.137. The molecule has 0 spiro atoms. The largest absolute Gasteiger partial charge is 0.481 e. The minimum atomic E-state index is -0.833. The lowest BCUT2D eigenvalue weighted by Gasteiger charge is -2.16. The highest BCUT2D eigenvalue weighted by molar-refractivity contribution is 7.98. The second-order valence-electron chi connectivity index (χ2n) is 3.95. The molecule has 0 aliphatic carbocycles. The Kier molecular flexibility index (Phi) is 5.71. The highest BCUT2D eigenvalue weighted by Crippen LogP contribution is 2.15. The number of benzene rings is 1. The van der Waals surface area contributed by atoms with Gasteiger partial charge in [0, 0.05) is 30.5 Å². The molecule has 0 atom stereocenters. The average molecular weight is 267 g/mol. The van der Waals surface area contributed by atoms with E-state index in [2.05, 4.69) is 0 Å². The lowest BCUT2D eigenvalue weighted by Crippen LogP contribution is -2.28. The number of hydrogen-bond donors (Lipinski definition) is 1. The van der Waals surface area contributed by atoms with Gasteiger partial charge in [0.05, 0.1) is 0 Å². The fourth-order valence-electron chi connectivity index (χ4n) is 1.52. The molecule has 0 aromatic heterocycles. The Labute approximate surface area is 111 Å². The molecular weight excluding hydrogens is 250 g/mol. The van der Waals surface area contributed by atoms with E-state index in [0.29, 0.717) is 18.5 Å². The summed E-state index contributed by atoms with van der Waals surface area (Å²) in [6, 6.07) is 7.40. The predicted octanol–water partition coefficient (Wildman–Crippen LogP) is 2.35. The number of carboxylic acid groups (broad SMARTS) is 1. The van der Waals surface area contributed by atoms with Crippen LogP contribution in [0.25, 0.3) is 0 Å². The molecule has 0 saturated heterocycles. The van der Waals surface area contributed by atoms with Crippen LogP contribution in [0, 0.1) is 0 Å². The second-order valence-corrected chi connectivity index (χ2v) is 4.83. The second kappa shape index (κ2) is 7.06. The van der Waals surface area contributed by atoms with Crippen LogP contribution in [-0.2, 0) is 4.79 Å². The summed E-state index contributed by atoms with van der Waals surface area (Å²) in [5, 5.41) is 8.53. The van der Waals surface area contributed by atoms with Gasteiger partial charge in [-0.1, -0.05) is 0 Å². The zero-order chi connectivity index (χ0) is 13.5. The molecule has 0 saturated carbocycles. The summed E-state index contributed by atoms with van der Waals surface area (Å²) in [6.07, 6.45) is 2.54. The molecule has 5 heteroatoms. The number of carboxylic acids is 1. The van der Waals surface area contributed by atoms with Crippen molar-refractivity contribution in [2.45, 2.75) is 17.7 Å². The first kappa shape index (κ1) is 14.6. The molecule has 18 heavy (non-hydrogen) atoms. The molecule has 0 bridgehead atoms. The normalized spacial score (nSPS) is 10.1. The van der Waals surface area contributed by atoms with Gasteiger partial charge in [0.1, 0.15) is 0 Å². The first-order valence-corrected chi connectivity index (χ1v) is 6.88. The summed E-state index contributed by atoms with van der Waals surface area (Å²) in [4.78, 5) is 25.0. The minimum Gasteiger partial charge on any atom is -0.481 e. The Balaban J connectivity index is 2.54. The van der Waals surface area contributed by atoms with Gasteiger partial charge in [0.25, 0.3) is 5.91 Å². The Morgan fingerprint density at radius 2 is 1.89 bits per heavy atom. The van der Waals surface area contributed by atoms with Crippen LogP contribution in [0.15, 0.2) is 29.2 Å². The molecule has 1 N–H and O–H groups in total. The van der Waals surface area contributed by atoms with Gasteiger partial charge in [0.15, 0.2) is 0 Å². The highest BCUT2D eigenvalue weighted by Gasteiger charge is 2.11. The molecule has 0 fully saturated rings. The van der Waals surface area contributed by atoms with E-state index in [1.165, 1.54) is 0 Å². The molecule has 1 rings (SSSR count). The van der Waals surface area contributed by atoms with Crippen LogP contribution in [0.2, 0.25) is 0 Å². The van der Waals surface area contributed by atoms with Crippen LogP contribution >= 0.6 is 11.8 Å². The third kappa shape index (κ3) is 4.41. The van der Waals surface area contributed by atoms with E-state index in [9.17, 15) is 9.59 Å². The van der Waals surface area contributed by atoms with Gasteiger partial charge in [-0.15, -0.1) is 11.8 Å². The van der Waals surface area contributed by atoms with E-state index >= 15 is 0 Å². The van der Waals surface area contributed by atoms with Crippen LogP contribution < -0.4 is 0 Å². The van der Waals surface area contributed by atoms with Gasteiger partial charge in [-0.05, 0) is 36.9 Å². The first-order chi connectivity index (χ1) is 8.54. The van der Waals surface area contributed by atoms with Crippen molar-refractivity contribution in [3.05, 3.63) is 29.8 Å². The van der Waals surface area contributed by atoms with Gasteiger partial charge in [-0.2, -0.15) is 0 Å². The van der Waals surface area contributed by atoms with Gasteiger partial charge in [-0.25, -0.2) is 0 Å². The third-order valence-corrected chi connectivity index (χ3v) is 3.31. The van der Waals surface area contributed by atoms with Crippen molar-refractivity contribution in [1.82, 2.24) is 4.90 Å².